The molecule has 1 saturated heterocycles. The molecule has 1 atom stereocenters. The third-order valence-electron chi connectivity index (χ3n) is 3.44. The van der Waals surface area contributed by atoms with E-state index in [1.165, 1.54) is 15.8 Å². The van der Waals surface area contributed by atoms with Gasteiger partial charge in [0.05, 0.1) is 5.56 Å². The Labute approximate surface area is 121 Å². The van der Waals surface area contributed by atoms with Gasteiger partial charge in [0.1, 0.15) is 4.21 Å². The standard InChI is InChI=1S/C12H17NO5S2/c14-5-3-9-2-1-4-13(7-9)20(17,18)11-6-10(8-19-11)12(15)16/h6,8-9,14H,1-5,7H2,(H,15,16). The van der Waals surface area contributed by atoms with Crippen LogP contribution in [0.1, 0.15) is 29.6 Å². The lowest BCUT2D eigenvalue weighted by Gasteiger charge is -2.31. The van der Waals surface area contributed by atoms with Crippen LogP contribution in [0.25, 0.3) is 0 Å². The fourth-order valence-corrected chi connectivity index (χ4v) is 5.22. The van der Waals surface area contributed by atoms with E-state index >= 15 is 0 Å². The predicted octanol–water partition coefficient (Wildman–Crippen LogP) is 1.23. The Morgan fingerprint density at radius 3 is 2.85 bits per heavy atom. The smallest absolute Gasteiger partial charge is 0.336 e. The van der Waals surface area contributed by atoms with Crippen molar-refractivity contribution < 1.29 is 23.4 Å². The molecular weight excluding hydrogens is 302 g/mol. The second-order valence-corrected chi connectivity index (χ2v) is 7.92. The molecular formula is C12H17NO5S2. The maximum absolute atomic E-state index is 12.5. The van der Waals surface area contributed by atoms with Crippen molar-refractivity contribution in [3.63, 3.8) is 0 Å². The molecule has 1 unspecified atom stereocenters. The molecule has 0 radical (unpaired) electrons. The number of thiophene rings is 1. The van der Waals surface area contributed by atoms with Crippen molar-refractivity contribution >= 4 is 27.3 Å². The van der Waals surface area contributed by atoms with Crippen LogP contribution >= 0.6 is 11.3 Å². The van der Waals surface area contributed by atoms with Crippen LogP contribution in [0.4, 0.5) is 0 Å². The molecule has 0 aliphatic carbocycles. The Bertz CT molecular complexity index is 578. The minimum absolute atomic E-state index is 0.00232. The highest BCUT2D eigenvalue weighted by atomic mass is 32.2. The molecule has 1 fully saturated rings. The van der Waals surface area contributed by atoms with Crippen molar-refractivity contribution in [1.29, 1.82) is 0 Å². The number of piperidine rings is 1. The van der Waals surface area contributed by atoms with E-state index in [0.29, 0.717) is 19.5 Å². The van der Waals surface area contributed by atoms with Crippen LogP contribution in [0.15, 0.2) is 15.7 Å². The first-order valence-electron chi connectivity index (χ1n) is 6.38. The zero-order valence-corrected chi connectivity index (χ0v) is 12.5. The van der Waals surface area contributed by atoms with Crippen molar-refractivity contribution in [2.24, 2.45) is 5.92 Å². The lowest BCUT2D eigenvalue weighted by atomic mass is 9.97. The van der Waals surface area contributed by atoms with E-state index in [0.717, 1.165) is 24.2 Å². The summed E-state index contributed by atoms with van der Waals surface area (Å²) in [6.07, 6.45) is 2.27. The molecule has 0 amide bonds. The fraction of sp³-hybridized carbons (Fsp3) is 0.583. The summed E-state index contributed by atoms with van der Waals surface area (Å²) in [7, 11) is -3.62. The van der Waals surface area contributed by atoms with Gasteiger partial charge in [-0.15, -0.1) is 11.3 Å². The molecule has 8 heteroatoms. The van der Waals surface area contributed by atoms with Gasteiger partial charge in [-0.1, -0.05) is 0 Å². The van der Waals surface area contributed by atoms with Crippen molar-refractivity contribution in [2.75, 3.05) is 19.7 Å². The SMILES string of the molecule is O=C(O)c1csc(S(=O)(=O)N2CCCC(CCO)C2)c1. The highest BCUT2D eigenvalue weighted by molar-refractivity contribution is 7.91. The molecule has 0 spiro atoms. The van der Waals surface area contributed by atoms with Gasteiger partial charge in [-0.25, -0.2) is 13.2 Å². The highest BCUT2D eigenvalue weighted by Crippen LogP contribution is 2.28. The van der Waals surface area contributed by atoms with Crippen LogP contribution in [0.2, 0.25) is 0 Å². The normalized spacial score (nSPS) is 20.9. The molecule has 2 N–H and O–H groups in total. The average molecular weight is 319 g/mol. The van der Waals surface area contributed by atoms with Gasteiger partial charge in [-0.3, -0.25) is 0 Å². The monoisotopic (exact) mass is 319 g/mol. The van der Waals surface area contributed by atoms with E-state index < -0.39 is 16.0 Å². The van der Waals surface area contributed by atoms with Crippen molar-refractivity contribution in [3.05, 3.63) is 17.0 Å². The van der Waals surface area contributed by atoms with Gasteiger partial charge in [0, 0.05) is 25.1 Å². The van der Waals surface area contributed by atoms with E-state index in [4.69, 9.17) is 10.2 Å². The largest absolute Gasteiger partial charge is 0.478 e. The van der Waals surface area contributed by atoms with Crippen LogP contribution in [0.3, 0.4) is 0 Å². The molecule has 1 aromatic rings. The van der Waals surface area contributed by atoms with Gasteiger partial charge in [-0.2, -0.15) is 4.31 Å². The van der Waals surface area contributed by atoms with E-state index in [1.54, 1.807) is 0 Å². The third-order valence-corrected chi connectivity index (χ3v) is 6.72. The number of carbonyl (C=O) groups is 1. The van der Waals surface area contributed by atoms with Crippen molar-refractivity contribution in [1.82, 2.24) is 4.31 Å². The Kier molecular flexibility index (Phi) is 4.79. The Hall–Kier alpha value is -0.960. The highest BCUT2D eigenvalue weighted by Gasteiger charge is 2.31. The zero-order valence-electron chi connectivity index (χ0n) is 10.9. The van der Waals surface area contributed by atoms with Crippen LogP contribution in [0, 0.1) is 5.92 Å². The number of rotatable bonds is 5. The molecule has 6 nitrogen and oxygen atoms in total. The summed E-state index contributed by atoms with van der Waals surface area (Å²) in [5.41, 5.74) is -0.00232. The van der Waals surface area contributed by atoms with Gasteiger partial charge in [0.2, 0.25) is 0 Å². The second kappa shape index (κ2) is 6.21. The zero-order chi connectivity index (χ0) is 14.8. The minimum atomic E-state index is -3.62. The lowest BCUT2D eigenvalue weighted by molar-refractivity contribution is 0.0697. The number of aromatic carboxylic acids is 1. The number of aliphatic hydroxyl groups excluding tert-OH is 1. The summed E-state index contributed by atoms with van der Waals surface area (Å²) < 4.78 is 26.4. The maximum atomic E-state index is 12.5. The summed E-state index contributed by atoms with van der Waals surface area (Å²) in [4.78, 5) is 10.8. The van der Waals surface area contributed by atoms with Crippen molar-refractivity contribution in [2.45, 2.75) is 23.5 Å². The van der Waals surface area contributed by atoms with Gasteiger partial charge in [-0.05, 0) is 31.2 Å². The van der Waals surface area contributed by atoms with E-state index in [9.17, 15) is 13.2 Å². The molecule has 1 aliphatic rings. The number of carboxylic acids is 1. The molecule has 1 aromatic heterocycles. The predicted molar refractivity (Wildman–Crippen MR) is 74.5 cm³/mol. The number of hydrogen-bond acceptors (Lipinski definition) is 5. The average Bonchev–Trinajstić information content (AvgIpc) is 2.90. The summed E-state index contributed by atoms with van der Waals surface area (Å²) in [5.74, 6) is -0.957. The van der Waals surface area contributed by atoms with Gasteiger partial charge >= 0.3 is 5.97 Å². The first kappa shape index (κ1) is 15.4. The summed E-state index contributed by atoms with van der Waals surface area (Å²) >= 11 is 0.933. The van der Waals surface area contributed by atoms with Gasteiger partial charge in [0.15, 0.2) is 0 Å². The van der Waals surface area contributed by atoms with Crippen LogP contribution in [0.5, 0.6) is 0 Å². The van der Waals surface area contributed by atoms with Gasteiger partial charge < -0.3 is 10.2 Å². The topological polar surface area (TPSA) is 94.9 Å². The second-order valence-electron chi connectivity index (χ2n) is 4.84. The molecule has 0 bridgehead atoms. The Balaban J connectivity index is 2.18. The fourth-order valence-electron chi connectivity index (χ4n) is 2.35. The van der Waals surface area contributed by atoms with Crippen LogP contribution in [-0.4, -0.2) is 48.6 Å². The van der Waals surface area contributed by atoms with E-state index in [1.807, 2.05) is 0 Å². The number of carboxylic acid groups (broad SMARTS) is 1. The number of nitrogens with zero attached hydrogens (tertiary/aromatic N) is 1. The lowest BCUT2D eigenvalue weighted by Crippen LogP contribution is -2.39. The molecule has 20 heavy (non-hydrogen) atoms. The third kappa shape index (κ3) is 3.20. The number of sulfonamides is 1. The first-order valence-corrected chi connectivity index (χ1v) is 8.70. The quantitative estimate of drug-likeness (QED) is 0.851. The summed E-state index contributed by atoms with van der Waals surface area (Å²) in [5, 5.41) is 19.2. The van der Waals surface area contributed by atoms with Gasteiger partial charge in [0.25, 0.3) is 10.0 Å². The Morgan fingerprint density at radius 2 is 2.25 bits per heavy atom. The maximum Gasteiger partial charge on any atom is 0.336 e. The Morgan fingerprint density at radius 1 is 1.50 bits per heavy atom. The van der Waals surface area contributed by atoms with Crippen LogP contribution < -0.4 is 0 Å². The summed E-state index contributed by atoms with van der Waals surface area (Å²) in [6, 6.07) is 1.21. The first-order chi connectivity index (χ1) is 9.45. The molecule has 0 aromatic carbocycles. The molecule has 2 heterocycles. The summed E-state index contributed by atoms with van der Waals surface area (Å²) in [6.45, 7) is 0.897. The van der Waals surface area contributed by atoms with E-state index in [-0.39, 0.29) is 22.3 Å². The number of aliphatic hydroxyl groups is 1. The molecule has 2 rings (SSSR count). The van der Waals surface area contributed by atoms with Crippen molar-refractivity contribution in [3.8, 4) is 0 Å². The van der Waals surface area contributed by atoms with E-state index in [2.05, 4.69) is 0 Å². The number of hydrogen-bond donors (Lipinski definition) is 2. The van der Waals surface area contributed by atoms with Crippen LogP contribution in [-0.2, 0) is 10.0 Å². The molecule has 0 saturated carbocycles. The minimum Gasteiger partial charge on any atom is -0.478 e. The molecule has 112 valence electrons. The molecule has 1 aliphatic heterocycles.